The second-order valence-electron chi connectivity index (χ2n) is 8.08. The molecule has 6 heteroatoms. The van der Waals surface area contributed by atoms with Crippen LogP contribution in [0.2, 0.25) is 0 Å². The zero-order chi connectivity index (χ0) is 18.6. The minimum atomic E-state index is -0.381. The van der Waals surface area contributed by atoms with E-state index in [1.807, 2.05) is 26.8 Å². The standard InChI is InChI=1S/C20H30N3O3/c1-20(2,3)26-18-14-17(23-9-11-24-12-10-23)19(13-16(18)22-21)25-15-7-5-4-6-8-15/h13-15H,4-12H2,1-3H3/q+1. The van der Waals surface area contributed by atoms with Crippen LogP contribution in [0.15, 0.2) is 12.1 Å². The van der Waals surface area contributed by atoms with Crippen molar-refractivity contribution in [2.24, 2.45) is 0 Å². The highest BCUT2D eigenvalue weighted by molar-refractivity contribution is 5.72. The topological polar surface area (TPSA) is 59.1 Å². The van der Waals surface area contributed by atoms with Crippen LogP contribution in [0, 0.1) is 5.39 Å². The molecule has 1 aliphatic heterocycles. The average molecular weight is 360 g/mol. The minimum absolute atomic E-state index is 0.226. The van der Waals surface area contributed by atoms with Gasteiger partial charge in [0.25, 0.3) is 0 Å². The summed E-state index contributed by atoms with van der Waals surface area (Å²) >= 11 is 0. The van der Waals surface area contributed by atoms with Gasteiger partial charge in [-0.05, 0) is 46.5 Å². The smallest absolute Gasteiger partial charge is 0.430 e. The molecule has 0 unspecified atom stereocenters. The highest BCUT2D eigenvalue weighted by Crippen LogP contribution is 2.43. The lowest BCUT2D eigenvalue weighted by atomic mass is 9.98. The van der Waals surface area contributed by atoms with E-state index in [9.17, 15) is 5.39 Å². The van der Waals surface area contributed by atoms with Gasteiger partial charge < -0.3 is 19.1 Å². The van der Waals surface area contributed by atoms with E-state index >= 15 is 0 Å². The van der Waals surface area contributed by atoms with Crippen molar-refractivity contribution >= 4 is 11.4 Å². The molecular formula is C20H30N3O3+. The fourth-order valence-electron chi connectivity index (χ4n) is 3.54. The molecule has 1 saturated carbocycles. The van der Waals surface area contributed by atoms with E-state index in [2.05, 4.69) is 9.88 Å². The molecule has 6 nitrogen and oxygen atoms in total. The molecule has 1 aliphatic carbocycles. The predicted octanol–water partition coefficient (Wildman–Crippen LogP) is 4.90. The SMILES string of the molecule is CC(C)(C)Oc1cc(N2CCOCC2)c(OC2CCCCC2)cc1[N+]#N. The molecule has 0 amide bonds. The number of diazo groups is 1. The molecule has 26 heavy (non-hydrogen) atoms. The van der Waals surface area contributed by atoms with Gasteiger partial charge in [-0.25, -0.2) is 0 Å². The zero-order valence-corrected chi connectivity index (χ0v) is 16.2. The maximum Gasteiger partial charge on any atom is 0.430 e. The highest BCUT2D eigenvalue weighted by atomic mass is 16.5. The summed E-state index contributed by atoms with van der Waals surface area (Å²) in [5.74, 6) is 1.34. The van der Waals surface area contributed by atoms with E-state index in [0.717, 1.165) is 37.4 Å². The molecule has 0 spiro atoms. The van der Waals surface area contributed by atoms with E-state index in [-0.39, 0.29) is 11.7 Å². The average Bonchev–Trinajstić information content (AvgIpc) is 2.63. The summed E-state index contributed by atoms with van der Waals surface area (Å²) in [7, 11) is 0. The summed E-state index contributed by atoms with van der Waals surface area (Å²) in [5, 5.41) is 9.50. The van der Waals surface area contributed by atoms with Crippen LogP contribution in [0.25, 0.3) is 4.98 Å². The highest BCUT2D eigenvalue weighted by Gasteiger charge is 2.29. The lowest BCUT2D eigenvalue weighted by molar-refractivity contribution is 0.120. The molecule has 0 N–H and O–H groups in total. The van der Waals surface area contributed by atoms with Gasteiger partial charge in [0.15, 0.2) is 10.7 Å². The Kier molecular flexibility index (Phi) is 5.87. The summed E-state index contributed by atoms with van der Waals surface area (Å²) in [6.45, 7) is 8.96. The molecule has 0 aromatic heterocycles. The number of hydrogen-bond acceptors (Lipinski definition) is 5. The molecule has 0 radical (unpaired) electrons. The zero-order valence-electron chi connectivity index (χ0n) is 16.2. The Morgan fingerprint density at radius 1 is 1.08 bits per heavy atom. The monoisotopic (exact) mass is 360 g/mol. The quantitative estimate of drug-likeness (QED) is 0.715. The van der Waals surface area contributed by atoms with Gasteiger partial charge in [0.05, 0.1) is 31.1 Å². The molecular weight excluding hydrogens is 330 g/mol. The van der Waals surface area contributed by atoms with E-state index in [4.69, 9.17) is 14.2 Å². The lowest BCUT2D eigenvalue weighted by Gasteiger charge is -2.32. The number of rotatable bonds is 4. The third-order valence-electron chi connectivity index (χ3n) is 4.76. The summed E-state index contributed by atoms with van der Waals surface area (Å²) < 4.78 is 17.9. The van der Waals surface area contributed by atoms with Crippen molar-refractivity contribution < 1.29 is 14.2 Å². The fraction of sp³-hybridized carbons (Fsp3) is 0.700. The van der Waals surface area contributed by atoms with Crippen LogP contribution in [0.4, 0.5) is 11.4 Å². The van der Waals surface area contributed by atoms with Crippen molar-refractivity contribution in [1.82, 2.24) is 0 Å². The van der Waals surface area contributed by atoms with Crippen LogP contribution in [-0.2, 0) is 4.74 Å². The van der Waals surface area contributed by atoms with E-state index in [0.29, 0.717) is 24.7 Å². The number of ether oxygens (including phenoxy) is 3. The van der Waals surface area contributed by atoms with Crippen molar-refractivity contribution in [1.29, 1.82) is 5.39 Å². The summed E-state index contributed by atoms with van der Waals surface area (Å²) in [5.41, 5.74) is 1.02. The maximum atomic E-state index is 9.50. The van der Waals surface area contributed by atoms with Crippen LogP contribution in [0.1, 0.15) is 52.9 Å². The molecule has 2 aliphatic rings. The van der Waals surface area contributed by atoms with Gasteiger partial charge in [-0.15, -0.1) is 0 Å². The third-order valence-corrected chi connectivity index (χ3v) is 4.76. The van der Waals surface area contributed by atoms with Crippen LogP contribution in [-0.4, -0.2) is 38.0 Å². The molecule has 3 rings (SSSR count). The molecule has 0 atom stereocenters. The molecule has 2 fully saturated rings. The Morgan fingerprint density at radius 2 is 1.77 bits per heavy atom. The van der Waals surface area contributed by atoms with Crippen molar-refractivity contribution in [2.45, 2.75) is 64.6 Å². The summed E-state index contributed by atoms with van der Waals surface area (Å²) in [4.78, 5) is 5.71. The van der Waals surface area contributed by atoms with Gasteiger partial charge in [-0.1, -0.05) is 6.42 Å². The van der Waals surface area contributed by atoms with Gasteiger partial charge in [0, 0.05) is 19.2 Å². The van der Waals surface area contributed by atoms with Crippen LogP contribution in [0.5, 0.6) is 11.5 Å². The Bertz CT molecular complexity index is 651. The molecule has 1 aromatic rings. The van der Waals surface area contributed by atoms with Crippen molar-refractivity contribution in [3.8, 4) is 11.5 Å². The molecule has 1 heterocycles. The summed E-state index contributed by atoms with van der Waals surface area (Å²) in [6.07, 6.45) is 6.08. The first kappa shape index (κ1) is 18.8. The number of benzene rings is 1. The maximum absolute atomic E-state index is 9.50. The second-order valence-corrected chi connectivity index (χ2v) is 8.08. The summed E-state index contributed by atoms with van der Waals surface area (Å²) in [6, 6.07) is 3.75. The predicted molar refractivity (Wildman–Crippen MR) is 102 cm³/mol. The van der Waals surface area contributed by atoms with E-state index in [1.54, 1.807) is 6.07 Å². The van der Waals surface area contributed by atoms with Crippen LogP contribution in [0.3, 0.4) is 0 Å². The first-order valence-corrected chi connectivity index (χ1v) is 9.68. The third kappa shape index (κ3) is 4.79. The van der Waals surface area contributed by atoms with Gasteiger partial charge in [-0.2, -0.15) is 0 Å². The first-order valence-electron chi connectivity index (χ1n) is 9.68. The Balaban J connectivity index is 1.95. The largest absolute Gasteiger partial charge is 0.488 e. The normalized spacial score (nSPS) is 19.1. The Morgan fingerprint density at radius 3 is 2.38 bits per heavy atom. The second kappa shape index (κ2) is 8.13. The molecule has 0 bridgehead atoms. The van der Waals surface area contributed by atoms with Gasteiger partial charge in [0.1, 0.15) is 5.60 Å². The van der Waals surface area contributed by atoms with E-state index < -0.39 is 0 Å². The number of nitrogens with zero attached hydrogens (tertiary/aromatic N) is 3. The van der Waals surface area contributed by atoms with Gasteiger partial charge in [0.2, 0.25) is 11.1 Å². The Hall–Kier alpha value is -2.00. The van der Waals surface area contributed by atoms with Crippen LogP contribution >= 0.6 is 0 Å². The van der Waals surface area contributed by atoms with Crippen molar-refractivity contribution in [3.05, 3.63) is 17.1 Å². The van der Waals surface area contributed by atoms with Gasteiger partial charge >= 0.3 is 5.69 Å². The minimum Gasteiger partial charge on any atom is -0.488 e. The van der Waals surface area contributed by atoms with Gasteiger partial charge in [-0.3, -0.25) is 0 Å². The fourth-order valence-corrected chi connectivity index (χ4v) is 3.54. The number of hydrogen-bond donors (Lipinski definition) is 0. The molecule has 142 valence electrons. The molecule has 1 aromatic carbocycles. The van der Waals surface area contributed by atoms with Crippen molar-refractivity contribution in [3.63, 3.8) is 0 Å². The Labute approximate surface area is 156 Å². The lowest BCUT2D eigenvalue weighted by Crippen LogP contribution is -2.36. The number of anilines is 1. The van der Waals surface area contributed by atoms with E-state index in [1.165, 1.54) is 19.3 Å². The first-order chi connectivity index (χ1) is 12.5. The number of morpholine rings is 1. The molecule has 1 saturated heterocycles. The van der Waals surface area contributed by atoms with Crippen molar-refractivity contribution in [2.75, 3.05) is 31.2 Å². The van der Waals surface area contributed by atoms with Crippen LogP contribution < -0.4 is 14.4 Å².